The molecule has 1 aromatic heterocycles. The van der Waals surface area contributed by atoms with Crippen molar-refractivity contribution in [2.24, 2.45) is 0 Å². The second-order valence-corrected chi connectivity index (χ2v) is 9.41. The second-order valence-electron chi connectivity index (χ2n) is 6.87. The van der Waals surface area contributed by atoms with E-state index in [1.807, 2.05) is 42.5 Å². The predicted molar refractivity (Wildman–Crippen MR) is 123 cm³/mol. The van der Waals surface area contributed by atoms with E-state index in [1.54, 1.807) is 53.8 Å². The molecular weight excluding hydrogens is 430 g/mol. The first-order valence-electron chi connectivity index (χ1n) is 9.51. The molecule has 0 N–H and O–H groups in total. The lowest BCUT2D eigenvalue weighted by atomic mass is 10.1. The minimum atomic E-state index is -4.06. The molecule has 7 heteroatoms. The third-order valence-electron chi connectivity index (χ3n) is 4.92. The smallest absolute Gasteiger partial charge is 0.339 e. The molecule has 0 radical (unpaired) electrons. The Hall–Kier alpha value is -3.42. The number of thiazole rings is 1. The number of ether oxygens (including phenoxy) is 1. The van der Waals surface area contributed by atoms with Gasteiger partial charge in [-0.3, -0.25) is 0 Å². The average molecular weight is 448 g/mol. The lowest BCUT2D eigenvalue weighted by molar-refractivity contribution is 0.391. The first-order chi connectivity index (χ1) is 15.0. The van der Waals surface area contributed by atoms with Crippen LogP contribution in [0.25, 0.3) is 31.6 Å². The fourth-order valence-electron chi connectivity index (χ4n) is 3.44. The van der Waals surface area contributed by atoms with Gasteiger partial charge in [0.2, 0.25) is 0 Å². The van der Waals surface area contributed by atoms with Crippen molar-refractivity contribution in [3.63, 3.8) is 0 Å². The van der Waals surface area contributed by atoms with Crippen LogP contribution in [0.15, 0.2) is 89.8 Å². The van der Waals surface area contributed by atoms with E-state index >= 15 is 0 Å². The molecule has 4 aromatic carbocycles. The summed E-state index contributed by atoms with van der Waals surface area (Å²) < 4.78 is 38.2. The van der Waals surface area contributed by atoms with Gasteiger partial charge in [-0.15, -0.1) is 11.3 Å². The number of rotatable bonds is 5. The minimum Gasteiger partial charge on any atom is -0.493 e. The Bertz CT molecular complexity index is 1490. The number of aromatic nitrogens is 1. The maximum atomic E-state index is 13.1. The maximum absolute atomic E-state index is 13.1. The summed E-state index contributed by atoms with van der Waals surface area (Å²) in [5, 5.41) is 2.25. The van der Waals surface area contributed by atoms with Gasteiger partial charge in [-0.2, -0.15) is 8.42 Å². The molecule has 0 bridgehead atoms. The van der Waals surface area contributed by atoms with Crippen LogP contribution in [-0.4, -0.2) is 20.5 Å². The summed E-state index contributed by atoms with van der Waals surface area (Å²) in [5.41, 5.74) is 1.74. The van der Waals surface area contributed by atoms with Crippen molar-refractivity contribution in [3.8, 4) is 22.1 Å². The molecule has 1 heterocycles. The molecule has 5 rings (SSSR count). The van der Waals surface area contributed by atoms with Gasteiger partial charge < -0.3 is 8.92 Å². The van der Waals surface area contributed by atoms with Gasteiger partial charge in [0, 0.05) is 10.9 Å². The lowest BCUT2D eigenvalue weighted by Gasteiger charge is -2.13. The van der Waals surface area contributed by atoms with Crippen LogP contribution in [0.5, 0.6) is 11.5 Å². The summed E-state index contributed by atoms with van der Waals surface area (Å²) in [6.07, 6.45) is 0. The number of para-hydroxylation sites is 1. The SMILES string of the molecule is COc1cc(-c2nc3ccccc3s2)ccc1OS(=O)(=O)c1cccc2ccccc12. The van der Waals surface area contributed by atoms with Crippen LogP contribution in [-0.2, 0) is 10.1 Å². The van der Waals surface area contributed by atoms with E-state index in [2.05, 4.69) is 4.98 Å². The summed E-state index contributed by atoms with van der Waals surface area (Å²) >= 11 is 1.56. The first kappa shape index (κ1) is 19.5. The highest BCUT2D eigenvalue weighted by molar-refractivity contribution is 7.87. The Morgan fingerprint density at radius 3 is 2.45 bits per heavy atom. The fraction of sp³-hybridized carbons (Fsp3) is 0.0417. The predicted octanol–water partition coefficient (Wildman–Crippen LogP) is 5.89. The third-order valence-corrected chi connectivity index (χ3v) is 7.30. The van der Waals surface area contributed by atoms with Gasteiger partial charge in [0.05, 0.1) is 17.3 Å². The maximum Gasteiger partial charge on any atom is 0.339 e. The highest BCUT2D eigenvalue weighted by Gasteiger charge is 2.22. The first-order valence-corrected chi connectivity index (χ1v) is 11.7. The summed E-state index contributed by atoms with van der Waals surface area (Å²) in [5.74, 6) is 0.445. The van der Waals surface area contributed by atoms with E-state index in [1.165, 1.54) is 7.11 Å². The molecule has 154 valence electrons. The van der Waals surface area contributed by atoms with Gasteiger partial charge in [-0.05, 0) is 41.8 Å². The Balaban J connectivity index is 1.53. The zero-order valence-electron chi connectivity index (χ0n) is 16.5. The molecule has 0 saturated carbocycles. The standard InChI is InChI=1S/C24H17NO4S2/c1-28-21-15-17(24-25-19-10-4-5-11-22(19)30-24)13-14-20(21)29-31(26,27)23-12-6-8-16-7-2-3-9-18(16)23/h2-15H,1H3. The van der Waals surface area contributed by atoms with Gasteiger partial charge in [0.25, 0.3) is 0 Å². The molecule has 5 aromatic rings. The van der Waals surface area contributed by atoms with Gasteiger partial charge in [-0.1, -0.05) is 48.5 Å². The molecule has 5 nitrogen and oxygen atoms in total. The zero-order valence-corrected chi connectivity index (χ0v) is 18.1. The van der Waals surface area contributed by atoms with Crippen LogP contribution in [0.2, 0.25) is 0 Å². The number of hydrogen-bond acceptors (Lipinski definition) is 6. The Morgan fingerprint density at radius 2 is 1.61 bits per heavy atom. The van der Waals surface area contributed by atoms with E-state index < -0.39 is 10.1 Å². The number of hydrogen-bond donors (Lipinski definition) is 0. The summed E-state index contributed by atoms with van der Waals surface area (Å²) in [6.45, 7) is 0. The monoisotopic (exact) mass is 447 g/mol. The quantitative estimate of drug-likeness (QED) is 0.314. The van der Waals surface area contributed by atoms with Crippen LogP contribution in [0.1, 0.15) is 0 Å². The lowest BCUT2D eigenvalue weighted by Crippen LogP contribution is -2.11. The number of nitrogens with zero attached hydrogens (tertiary/aromatic N) is 1. The van der Waals surface area contributed by atoms with Crippen molar-refractivity contribution in [2.75, 3.05) is 7.11 Å². The molecule has 31 heavy (non-hydrogen) atoms. The molecule has 0 aliphatic heterocycles. The van der Waals surface area contributed by atoms with Gasteiger partial charge >= 0.3 is 10.1 Å². The van der Waals surface area contributed by atoms with E-state index in [-0.39, 0.29) is 10.6 Å². The third kappa shape index (κ3) is 3.62. The zero-order chi connectivity index (χ0) is 21.4. The molecule has 0 spiro atoms. The molecule has 0 unspecified atom stereocenters. The summed E-state index contributed by atoms with van der Waals surface area (Å²) in [6, 6.07) is 25.4. The van der Waals surface area contributed by atoms with Gasteiger partial charge in [0.15, 0.2) is 11.5 Å². The molecular formula is C24H17NO4S2. The molecule has 0 fully saturated rings. The van der Waals surface area contributed by atoms with E-state index in [0.29, 0.717) is 11.1 Å². The fourth-order valence-corrected chi connectivity index (χ4v) is 5.57. The Kier molecular flexibility index (Phi) is 4.84. The summed E-state index contributed by atoms with van der Waals surface area (Å²) in [4.78, 5) is 4.76. The van der Waals surface area contributed by atoms with Crippen molar-refractivity contribution in [1.82, 2.24) is 4.98 Å². The van der Waals surface area contributed by atoms with Crippen LogP contribution >= 0.6 is 11.3 Å². The minimum absolute atomic E-state index is 0.114. The average Bonchev–Trinajstić information content (AvgIpc) is 3.23. The number of benzene rings is 4. The van der Waals surface area contributed by atoms with Crippen LogP contribution < -0.4 is 8.92 Å². The molecule has 0 atom stereocenters. The van der Waals surface area contributed by atoms with Crippen molar-refractivity contribution in [1.29, 1.82) is 0 Å². The van der Waals surface area contributed by atoms with Gasteiger partial charge in [0.1, 0.15) is 9.90 Å². The van der Waals surface area contributed by atoms with Crippen LogP contribution in [0, 0.1) is 0 Å². The van der Waals surface area contributed by atoms with Crippen LogP contribution in [0.4, 0.5) is 0 Å². The van der Waals surface area contributed by atoms with Crippen molar-refractivity contribution < 1.29 is 17.3 Å². The normalized spacial score (nSPS) is 11.6. The molecule has 0 aliphatic carbocycles. The van der Waals surface area contributed by atoms with Gasteiger partial charge in [-0.25, -0.2) is 4.98 Å². The van der Waals surface area contributed by atoms with E-state index in [9.17, 15) is 8.42 Å². The molecule has 0 aliphatic rings. The Labute approximate surface area is 183 Å². The van der Waals surface area contributed by atoms with Crippen molar-refractivity contribution >= 4 is 42.4 Å². The summed E-state index contributed by atoms with van der Waals surface area (Å²) in [7, 11) is -2.58. The Morgan fingerprint density at radius 1 is 0.839 bits per heavy atom. The van der Waals surface area contributed by atoms with E-state index in [4.69, 9.17) is 8.92 Å². The molecule has 0 amide bonds. The second kappa shape index (κ2) is 7.68. The van der Waals surface area contributed by atoms with Crippen LogP contribution in [0.3, 0.4) is 0 Å². The highest BCUT2D eigenvalue weighted by atomic mass is 32.2. The van der Waals surface area contributed by atoms with E-state index in [0.717, 1.165) is 26.2 Å². The topological polar surface area (TPSA) is 65.5 Å². The van der Waals surface area contributed by atoms with Crippen molar-refractivity contribution in [2.45, 2.75) is 4.90 Å². The number of methoxy groups -OCH3 is 1. The highest BCUT2D eigenvalue weighted by Crippen LogP contribution is 2.37. The molecule has 0 saturated heterocycles. The van der Waals surface area contributed by atoms with Crippen molar-refractivity contribution in [3.05, 3.63) is 84.9 Å². The number of fused-ring (bicyclic) bond motifs is 2. The largest absolute Gasteiger partial charge is 0.493 e.